The molecule has 0 saturated heterocycles. The summed E-state index contributed by atoms with van der Waals surface area (Å²) in [4.78, 5) is 0. The molecule has 2 aliphatic rings. The average molecular weight is 519 g/mol. The van der Waals surface area contributed by atoms with Crippen molar-refractivity contribution in [3.63, 3.8) is 0 Å². The van der Waals surface area contributed by atoms with Gasteiger partial charge in [-0.15, -0.1) is 0 Å². The highest BCUT2D eigenvalue weighted by molar-refractivity contribution is 5.69. The van der Waals surface area contributed by atoms with E-state index in [4.69, 9.17) is 0 Å². The zero-order valence-electron chi connectivity index (χ0n) is 21.1. The first-order valence-electron chi connectivity index (χ1n) is 13.1. The van der Waals surface area contributed by atoms with Crippen LogP contribution in [-0.4, -0.2) is 0 Å². The van der Waals surface area contributed by atoms with Crippen molar-refractivity contribution in [2.24, 2.45) is 0 Å². The molecule has 2 unspecified atom stereocenters. The van der Waals surface area contributed by atoms with Crippen LogP contribution in [-0.2, 0) is 6.42 Å². The maximum Gasteiger partial charge on any atom is 0.249 e. The van der Waals surface area contributed by atoms with E-state index in [9.17, 15) is 8.78 Å². The summed E-state index contributed by atoms with van der Waals surface area (Å²) in [6.45, 7) is 4.61. The third-order valence-corrected chi connectivity index (χ3v) is 8.16. The first-order valence-corrected chi connectivity index (χ1v) is 13.1. The van der Waals surface area contributed by atoms with E-state index < -0.39 is 17.5 Å². The lowest BCUT2D eigenvalue weighted by Crippen LogP contribution is -2.53. The van der Waals surface area contributed by atoms with Gasteiger partial charge in [0.1, 0.15) is 0 Å². The normalized spacial score (nSPS) is 17.5. The molecule has 2 aromatic heterocycles. The van der Waals surface area contributed by atoms with Crippen LogP contribution in [0.25, 0.3) is 39.3 Å². The molecule has 0 radical (unpaired) electrons. The SMILES string of the molecule is C=C1C2C(CCc3c(cc(F)c(F)c3F)-c3ccc(-c4ccccc4)c[n+]31)c1ccccc1-c1cccc[n+]12. The molecule has 4 heterocycles. The van der Waals surface area contributed by atoms with Crippen LogP contribution < -0.4 is 9.13 Å². The minimum absolute atomic E-state index is 0.0622. The van der Waals surface area contributed by atoms with Gasteiger partial charge in [0, 0.05) is 34.9 Å². The Bertz CT molecular complexity index is 1780. The van der Waals surface area contributed by atoms with Crippen molar-refractivity contribution in [1.82, 2.24) is 0 Å². The van der Waals surface area contributed by atoms with Crippen molar-refractivity contribution in [2.45, 2.75) is 24.8 Å². The monoisotopic (exact) mass is 518 g/mol. The summed E-state index contributed by atoms with van der Waals surface area (Å²) in [7, 11) is 0. The van der Waals surface area contributed by atoms with Gasteiger partial charge < -0.3 is 0 Å². The quantitative estimate of drug-likeness (QED) is 0.161. The van der Waals surface area contributed by atoms with Crippen LogP contribution in [0.4, 0.5) is 13.2 Å². The molecule has 5 heteroatoms. The maximum absolute atomic E-state index is 15.4. The Labute approximate surface area is 225 Å². The molecule has 0 N–H and O–H groups in total. The number of fused-ring (bicyclic) bond motifs is 9. The summed E-state index contributed by atoms with van der Waals surface area (Å²) in [5.74, 6) is -3.81. The summed E-state index contributed by atoms with van der Waals surface area (Å²) in [6, 6.07) is 29.0. The van der Waals surface area contributed by atoms with Crippen molar-refractivity contribution in [2.75, 3.05) is 0 Å². The first kappa shape index (κ1) is 23.6. The summed E-state index contributed by atoms with van der Waals surface area (Å²) >= 11 is 0. The second-order valence-electron chi connectivity index (χ2n) is 10.2. The van der Waals surface area contributed by atoms with Gasteiger partial charge in [-0.3, -0.25) is 0 Å². The van der Waals surface area contributed by atoms with Gasteiger partial charge in [0.05, 0.1) is 11.5 Å². The largest absolute Gasteiger partial charge is 0.249 e. The number of rotatable bonds is 1. The Morgan fingerprint density at radius 3 is 2.33 bits per heavy atom. The Balaban J connectivity index is 1.53. The fourth-order valence-corrected chi connectivity index (χ4v) is 6.36. The Hall–Kier alpha value is -4.51. The summed E-state index contributed by atoms with van der Waals surface area (Å²) in [6.07, 6.45) is 4.82. The number of hydrogen-bond donors (Lipinski definition) is 0. The molecule has 0 bridgehead atoms. The van der Waals surface area contributed by atoms with Crippen molar-refractivity contribution in [3.05, 3.63) is 139 Å². The molecule has 0 amide bonds. The van der Waals surface area contributed by atoms with E-state index in [2.05, 4.69) is 35.5 Å². The van der Waals surface area contributed by atoms with Gasteiger partial charge in [0.15, 0.2) is 29.8 Å². The van der Waals surface area contributed by atoms with E-state index >= 15 is 4.39 Å². The molecule has 0 fully saturated rings. The van der Waals surface area contributed by atoms with Crippen LogP contribution in [0.5, 0.6) is 0 Å². The van der Waals surface area contributed by atoms with E-state index in [1.165, 1.54) is 0 Å². The predicted octanol–water partition coefficient (Wildman–Crippen LogP) is 7.44. The third-order valence-electron chi connectivity index (χ3n) is 8.16. The lowest BCUT2D eigenvalue weighted by molar-refractivity contribution is -0.727. The number of nitrogens with zero attached hydrogens (tertiary/aromatic N) is 2. The highest BCUT2D eigenvalue weighted by atomic mass is 19.2. The first-order chi connectivity index (χ1) is 19.0. The van der Waals surface area contributed by atoms with Gasteiger partial charge in [-0.2, -0.15) is 9.13 Å². The molecular weight excluding hydrogens is 493 g/mol. The molecule has 5 aromatic rings. The zero-order valence-corrected chi connectivity index (χ0v) is 21.1. The minimum atomic E-state index is -1.43. The number of halogens is 3. The van der Waals surface area contributed by atoms with Gasteiger partial charge in [0.2, 0.25) is 23.1 Å². The highest BCUT2D eigenvalue weighted by Crippen LogP contribution is 2.45. The van der Waals surface area contributed by atoms with Crippen LogP contribution in [0.15, 0.2) is 110 Å². The molecule has 190 valence electrons. The summed E-state index contributed by atoms with van der Waals surface area (Å²) < 4.78 is 48.9. The fourth-order valence-electron chi connectivity index (χ4n) is 6.36. The standard InChI is InChI=1S/C34H25F3N2/c1-21-34-27(24-11-5-6-12-25(24)30-13-7-8-18-38(30)34)16-15-26-28(19-29(35)33(37)32(26)36)31-17-14-23(20-39(21)31)22-9-3-2-4-10-22/h2-14,17-20,27,34H,1,15-16H2/q+2. The van der Waals surface area contributed by atoms with Gasteiger partial charge in [-0.05, 0) is 54.8 Å². The van der Waals surface area contributed by atoms with E-state index in [1.54, 1.807) is 0 Å². The average Bonchev–Trinajstić information content (AvgIpc) is 3.03. The van der Waals surface area contributed by atoms with Gasteiger partial charge in [0.25, 0.3) is 0 Å². The molecule has 0 spiro atoms. The molecule has 39 heavy (non-hydrogen) atoms. The van der Waals surface area contributed by atoms with E-state index in [0.717, 1.165) is 39.7 Å². The minimum Gasteiger partial charge on any atom is -0.204 e. The molecule has 2 nitrogen and oxygen atoms in total. The van der Waals surface area contributed by atoms with Gasteiger partial charge in [-0.1, -0.05) is 48.5 Å². The van der Waals surface area contributed by atoms with E-state index in [1.807, 2.05) is 77.5 Å². The topological polar surface area (TPSA) is 7.76 Å². The van der Waals surface area contributed by atoms with Crippen LogP contribution in [0.1, 0.15) is 29.5 Å². The van der Waals surface area contributed by atoms with E-state index in [0.29, 0.717) is 17.7 Å². The number of allylic oxidation sites excluding steroid dienone is 1. The molecule has 0 aliphatic carbocycles. The maximum atomic E-state index is 15.4. The second-order valence-corrected chi connectivity index (χ2v) is 10.2. The molecule has 3 aromatic carbocycles. The van der Waals surface area contributed by atoms with Crippen LogP contribution in [0, 0.1) is 17.5 Å². The van der Waals surface area contributed by atoms with Gasteiger partial charge >= 0.3 is 0 Å². The van der Waals surface area contributed by atoms with Gasteiger partial charge in [-0.25, -0.2) is 13.2 Å². The van der Waals surface area contributed by atoms with Crippen LogP contribution in [0.3, 0.4) is 0 Å². The van der Waals surface area contributed by atoms with Crippen molar-refractivity contribution in [1.29, 1.82) is 0 Å². The van der Waals surface area contributed by atoms with Crippen LogP contribution in [0.2, 0.25) is 0 Å². The smallest absolute Gasteiger partial charge is 0.204 e. The molecular formula is C34H25F3N2+2. The highest BCUT2D eigenvalue weighted by Gasteiger charge is 2.47. The van der Waals surface area contributed by atoms with Crippen molar-refractivity contribution in [3.8, 4) is 33.6 Å². The van der Waals surface area contributed by atoms with Crippen molar-refractivity contribution >= 4 is 5.70 Å². The van der Waals surface area contributed by atoms with E-state index in [-0.39, 0.29) is 23.9 Å². The molecule has 7 rings (SSSR count). The number of aromatic nitrogens is 2. The van der Waals surface area contributed by atoms with Crippen molar-refractivity contribution < 1.29 is 22.3 Å². The molecule has 2 atom stereocenters. The second kappa shape index (κ2) is 9.05. The summed E-state index contributed by atoms with van der Waals surface area (Å²) in [5, 5.41) is 0. The Kier molecular flexibility index (Phi) is 5.48. The molecule has 0 saturated carbocycles. The summed E-state index contributed by atoms with van der Waals surface area (Å²) in [5.41, 5.74) is 7.15. The Morgan fingerprint density at radius 1 is 0.718 bits per heavy atom. The fraction of sp³-hybridized carbons (Fsp3) is 0.118. The predicted molar refractivity (Wildman–Crippen MR) is 145 cm³/mol. The zero-order chi connectivity index (χ0) is 26.7. The Morgan fingerprint density at radius 2 is 1.49 bits per heavy atom. The third kappa shape index (κ3) is 3.64. The molecule has 2 aliphatic heterocycles. The van der Waals surface area contributed by atoms with Crippen LogP contribution >= 0.6 is 0 Å². The number of pyridine rings is 2. The number of benzene rings is 3. The number of hydrogen-bond acceptors (Lipinski definition) is 0. The lowest BCUT2D eigenvalue weighted by atomic mass is 9.78. The lowest BCUT2D eigenvalue weighted by Gasteiger charge is -2.29.